The molecule has 21 heavy (non-hydrogen) atoms. The Morgan fingerprint density at radius 1 is 1.38 bits per heavy atom. The number of nitrogens with one attached hydrogen (secondary N) is 1. The zero-order valence-electron chi connectivity index (χ0n) is 12.7. The molecule has 1 aromatic rings. The van der Waals surface area contributed by atoms with Crippen molar-refractivity contribution >= 4 is 9.84 Å². The van der Waals surface area contributed by atoms with E-state index < -0.39 is 15.1 Å². The Labute approximate surface area is 126 Å². The van der Waals surface area contributed by atoms with Gasteiger partial charge in [-0.05, 0) is 57.1 Å². The van der Waals surface area contributed by atoms with E-state index in [2.05, 4.69) is 15.3 Å². The molecule has 0 radical (unpaired) electrons. The molecule has 5 nitrogen and oxygen atoms in total. The first-order valence-corrected chi connectivity index (χ1v) is 9.66. The quantitative estimate of drug-likeness (QED) is 0.891. The third-order valence-corrected chi connectivity index (χ3v) is 6.04. The van der Waals surface area contributed by atoms with Crippen LogP contribution in [0.3, 0.4) is 0 Å². The van der Waals surface area contributed by atoms with Crippen LogP contribution in [0.5, 0.6) is 0 Å². The molecular weight excluding hydrogens is 286 g/mol. The van der Waals surface area contributed by atoms with Gasteiger partial charge in [0, 0.05) is 24.2 Å². The average Bonchev–Trinajstić information content (AvgIpc) is 3.26. The minimum Gasteiger partial charge on any atom is -0.314 e. The van der Waals surface area contributed by atoms with Gasteiger partial charge in [-0.15, -0.1) is 0 Å². The lowest BCUT2D eigenvalue weighted by atomic mass is 9.87. The number of sulfone groups is 1. The third kappa shape index (κ3) is 3.61. The molecule has 1 aromatic heterocycles. The van der Waals surface area contributed by atoms with Gasteiger partial charge in [-0.25, -0.2) is 18.4 Å². The first-order chi connectivity index (χ1) is 9.93. The van der Waals surface area contributed by atoms with Gasteiger partial charge in [0.05, 0.1) is 0 Å². The third-order valence-electron chi connectivity index (χ3n) is 4.55. The highest BCUT2D eigenvalue weighted by Crippen LogP contribution is 2.27. The fourth-order valence-electron chi connectivity index (χ4n) is 2.78. The van der Waals surface area contributed by atoms with E-state index in [1.54, 1.807) is 6.92 Å². The summed E-state index contributed by atoms with van der Waals surface area (Å²) in [5.41, 5.74) is 2.23. The van der Waals surface area contributed by atoms with Crippen molar-refractivity contribution in [1.29, 1.82) is 0 Å². The lowest BCUT2D eigenvalue weighted by Crippen LogP contribution is -2.29. The largest absolute Gasteiger partial charge is 0.314 e. The predicted molar refractivity (Wildman–Crippen MR) is 81.8 cm³/mol. The van der Waals surface area contributed by atoms with Crippen LogP contribution in [0.15, 0.2) is 6.20 Å². The number of nitrogens with zero attached hydrogens (tertiary/aromatic N) is 2. The molecule has 0 spiro atoms. The van der Waals surface area contributed by atoms with Gasteiger partial charge in [0.1, 0.15) is 11.1 Å². The molecule has 2 aliphatic rings. The zero-order valence-corrected chi connectivity index (χ0v) is 13.5. The van der Waals surface area contributed by atoms with E-state index in [-0.39, 0.29) is 0 Å². The monoisotopic (exact) mass is 309 g/mol. The van der Waals surface area contributed by atoms with Crippen molar-refractivity contribution in [2.75, 3.05) is 12.8 Å². The first-order valence-electron chi connectivity index (χ1n) is 7.70. The van der Waals surface area contributed by atoms with Gasteiger partial charge in [-0.2, -0.15) is 0 Å². The normalized spacial score (nSPS) is 23.6. The molecule has 0 saturated heterocycles. The maximum atomic E-state index is 11.6. The molecule has 1 saturated carbocycles. The molecule has 2 atom stereocenters. The van der Waals surface area contributed by atoms with Gasteiger partial charge < -0.3 is 5.32 Å². The number of fused-ring (bicyclic) bond motifs is 1. The summed E-state index contributed by atoms with van der Waals surface area (Å²) in [6.45, 7) is 2.73. The van der Waals surface area contributed by atoms with E-state index >= 15 is 0 Å². The van der Waals surface area contributed by atoms with E-state index in [1.807, 2.05) is 6.20 Å². The lowest BCUT2D eigenvalue weighted by Gasteiger charge is -2.24. The second-order valence-electron chi connectivity index (χ2n) is 6.46. The smallest absolute Gasteiger partial charge is 0.157 e. The Morgan fingerprint density at radius 3 is 2.81 bits per heavy atom. The summed E-state index contributed by atoms with van der Waals surface area (Å²) in [5.74, 6) is 1.09. The summed E-state index contributed by atoms with van der Waals surface area (Å²) in [5, 5.41) is 2.96. The standard InChI is InChI=1S/C15H23N3O2S/c1-10(21(2,19)20)15-17-9-12-7-11(3-6-14(12)18-15)8-16-13-4-5-13/h9-11,13,16H,3-8H2,1-2H3. The summed E-state index contributed by atoms with van der Waals surface area (Å²) in [6, 6.07) is 0.751. The number of rotatable bonds is 5. The number of aryl methyl sites for hydroxylation is 1. The van der Waals surface area contributed by atoms with Gasteiger partial charge in [-0.1, -0.05) is 0 Å². The van der Waals surface area contributed by atoms with Crippen LogP contribution in [0.2, 0.25) is 0 Å². The molecule has 1 heterocycles. The number of aromatic nitrogens is 2. The highest BCUT2D eigenvalue weighted by molar-refractivity contribution is 7.90. The van der Waals surface area contributed by atoms with E-state index in [0.29, 0.717) is 11.7 Å². The molecule has 2 unspecified atom stereocenters. The van der Waals surface area contributed by atoms with Crippen molar-refractivity contribution in [3.05, 3.63) is 23.3 Å². The number of hydrogen-bond acceptors (Lipinski definition) is 5. The van der Waals surface area contributed by atoms with Crippen LogP contribution in [0.25, 0.3) is 0 Å². The molecule has 0 bridgehead atoms. The van der Waals surface area contributed by atoms with Crippen LogP contribution in [0.4, 0.5) is 0 Å². The van der Waals surface area contributed by atoms with E-state index in [0.717, 1.165) is 37.5 Å². The van der Waals surface area contributed by atoms with E-state index in [9.17, 15) is 8.42 Å². The van der Waals surface area contributed by atoms with Crippen LogP contribution in [0, 0.1) is 5.92 Å². The van der Waals surface area contributed by atoms with Gasteiger partial charge in [0.15, 0.2) is 9.84 Å². The van der Waals surface area contributed by atoms with Crippen molar-refractivity contribution < 1.29 is 8.42 Å². The minimum absolute atomic E-state index is 0.436. The second kappa shape index (κ2) is 5.65. The molecule has 0 aliphatic heterocycles. The van der Waals surface area contributed by atoms with Gasteiger partial charge in [-0.3, -0.25) is 0 Å². The topological polar surface area (TPSA) is 72.0 Å². The van der Waals surface area contributed by atoms with Crippen LogP contribution in [0.1, 0.15) is 48.5 Å². The molecule has 3 rings (SSSR count). The highest BCUT2D eigenvalue weighted by Gasteiger charge is 2.26. The molecular formula is C15H23N3O2S. The number of hydrogen-bond donors (Lipinski definition) is 1. The molecule has 1 fully saturated rings. The van der Waals surface area contributed by atoms with Crippen LogP contribution in [-0.2, 0) is 22.7 Å². The zero-order chi connectivity index (χ0) is 15.0. The fourth-order valence-corrected chi connectivity index (χ4v) is 3.28. The summed E-state index contributed by atoms with van der Waals surface area (Å²) in [7, 11) is -3.14. The summed E-state index contributed by atoms with van der Waals surface area (Å²) in [6.07, 6.45) is 8.76. The second-order valence-corrected chi connectivity index (χ2v) is 8.83. The van der Waals surface area contributed by atoms with Crippen LogP contribution in [-0.4, -0.2) is 37.2 Å². The van der Waals surface area contributed by atoms with E-state index in [1.165, 1.54) is 24.7 Å². The Morgan fingerprint density at radius 2 is 2.14 bits per heavy atom. The molecule has 6 heteroatoms. The van der Waals surface area contributed by atoms with Gasteiger partial charge >= 0.3 is 0 Å². The SMILES string of the molecule is CC(c1ncc2c(n1)CCC(CNC1CC1)C2)S(C)(=O)=O. The highest BCUT2D eigenvalue weighted by atomic mass is 32.2. The summed E-state index contributed by atoms with van der Waals surface area (Å²) in [4.78, 5) is 8.80. The molecule has 1 N–H and O–H groups in total. The molecule has 0 aromatic carbocycles. The summed E-state index contributed by atoms with van der Waals surface area (Å²) < 4.78 is 23.2. The minimum atomic E-state index is -3.14. The fraction of sp³-hybridized carbons (Fsp3) is 0.733. The van der Waals surface area contributed by atoms with Crippen molar-refractivity contribution in [2.45, 2.75) is 50.3 Å². The average molecular weight is 309 g/mol. The first kappa shape index (κ1) is 14.9. The summed E-state index contributed by atoms with van der Waals surface area (Å²) >= 11 is 0. The molecule has 2 aliphatic carbocycles. The Bertz CT molecular complexity index is 626. The van der Waals surface area contributed by atoms with E-state index in [4.69, 9.17) is 0 Å². The Balaban J connectivity index is 1.69. The maximum Gasteiger partial charge on any atom is 0.157 e. The van der Waals surface area contributed by atoms with Gasteiger partial charge in [0.25, 0.3) is 0 Å². The molecule has 0 amide bonds. The van der Waals surface area contributed by atoms with Crippen molar-refractivity contribution in [1.82, 2.24) is 15.3 Å². The Kier molecular flexibility index (Phi) is 4.01. The van der Waals surface area contributed by atoms with Crippen LogP contribution >= 0.6 is 0 Å². The predicted octanol–water partition coefficient (Wildman–Crippen LogP) is 1.44. The van der Waals surface area contributed by atoms with Crippen molar-refractivity contribution in [3.8, 4) is 0 Å². The molecule has 116 valence electrons. The van der Waals surface area contributed by atoms with Crippen molar-refractivity contribution in [3.63, 3.8) is 0 Å². The Hall–Kier alpha value is -1.01. The maximum absolute atomic E-state index is 11.6. The van der Waals surface area contributed by atoms with Gasteiger partial charge in [0.2, 0.25) is 0 Å². The lowest BCUT2D eigenvalue weighted by molar-refractivity contribution is 0.417. The van der Waals surface area contributed by atoms with Crippen LogP contribution < -0.4 is 5.32 Å². The van der Waals surface area contributed by atoms with Crippen molar-refractivity contribution in [2.24, 2.45) is 5.92 Å².